The van der Waals surface area contributed by atoms with E-state index in [0.717, 1.165) is 16.9 Å². The van der Waals surface area contributed by atoms with E-state index in [-0.39, 0.29) is 12.5 Å². The summed E-state index contributed by atoms with van der Waals surface area (Å²) >= 11 is 0. The summed E-state index contributed by atoms with van der Waals surface area (Å²) in [6.07, 6.45) is 0. The fourth-order valence-electron chi connectivity index (χ4n) is 1.97. The molecule has 0 bridgehead atoms. The van der Waals surface area contributed by atoms with Gasteiger partial charge in [-0.3, -0.25) is 4.79 Å². The van der Waals surface area contributed by atoms with Crippen molar-refractivity contribution in [1.29, 1.82) is 0 Å². The molecule has 1 rings (SSSR count). The summed E-state index contributed by atoms with van der Waals surface area (Å²) in [5, 5.41) is 2.85. The number of benzene rings is 1. The number of carbonyl (C=O) groups is 1. The Morgan fingerprint density at radius 1 is 1.26 bits per heavy atom. The molecule has 1 N–H and O–H groups in total. The van der Waals surface area contributed by atoms with E-state index in [1.165, 1.54) is 0 Å². The third-order valence-corrected chi connectivity index (χ3v) is 3.26. The second-order valence-corrected chi connectivity index (χ2v) is 4.36. The quantitative estimate of drug-likeness (QED) is 0.877. The van der Waals surface area contributed by atoms with Crippen LogP contribution in [0.1, 0.15) is 11.1 Å². The monoisotopic (exact) mass is 266 g/mol. The molecular formula is C14H22N2O3. The second-order valence-electron chi connectivity index (χ2n) is 4.36. The summed E-state index contributed by atoms with van der Waals surface area (Å²) in [5.41, 5.74) is 2.70. The third-order valence-electron chi connectivity index (χ3n) is 3.26. The zero-order valence-corrected chi connectivity index (χ0v) is 12.5. The lowest BCUT2D eigenvalue weighted by Crippen LogP contribution is -2.34. The number of rotatable bonds is 5. The van der Waals surface area contributed by atoms with Crippen molar-refractivity contribution in [2.24, 2.45) is 0 Å². The van der Waals surface area contributed by atoms with E-state index in [0.29, 0.717) is 11.4 Å². The van der Waals surface area contributed by atoms with Crippen LogP contribution < -0.4 is 19.7 Å². The van der Waals surface area contributed by atoms with E-state index >= 15 is 0 Å². The molecule has 0 heterocycles. The summed E-state index contributed by atoms with van der Waals surface area (Å²) in [6, 6.07) is 1.83. The molecule has 106 valence electrons. The van der Waals surface area contributed by atoms with Gasteiger partial charge in [0.25, 0.3) is 0 Å². The number of methoxy groups -OCH3 is 2. The number of anilines is 1. The summed E-state index contributed by atoms with van der Waals surface area (Å²) in [5.74, 6) is 1.41. The number of carbonyl (C=O) groups excluding carboxylic acids is 1. The van der Waals surface area contributed by atoms with Crippen LogP contribution in [-0.4, -0.2) is 40.8 Å². The molecule has 5 nitrogen and oxygen atoms in total. The van der Waals surface area contributed by atoms with Gasteiger partial charge in [-0.25, -0.2) is 0 Å². The molecule has 1 aromatic carbocycles. The molecule has 0 radical (unpaired) electrons. The molecular weight excluding hydrogens is 244 g/mol. The molecule has 0 aromatic heterocycles. The topological polar surface area (TPSA) is 50.8 Å². The van der Waals surface area contributed by atoms with Crippen LogP contribution in [0.15, 0.2) is 6.07 Å². The van der Waals surface area contributed by atoms with Crippen molar-refractivity contribution in [3.63, 3.8) is 0 Å². The van der Waals surface area contributed by atoms with E-state index in [4.69, 9.17) is 9.47 Å². The average molecular weight is 266 g/mol. The minimum absolute atomic E-state index is 0.0360. The Balaban J connectivity index is 3.33. The highest BCUT2D eigenvalue weighted by Crippen LogP contribution is 2.38. The van der Waals surface area contributed by atoms with Crippen LogP contribution >= 0.6 is 0 Å². The summed E-state index contributed by atoms with van der Waals surface area (Å²) < 4.78 is 10.8. The van der Waals surface area contributed by atoms with E-state index in [9.17, 15) is 4.79 Å². The zero-order valence-electron chi connectivity index (χ0n) is 12.5. The lowest BCUT2D eigenvalue weighted by atomic mass is 10.1. The van der Waals surface area contributed by atoms with Gasteiger partial charge in [0.2, 0.25) is 5.91 Å². The van der Waals surface area contributed by atoms with Gasteiger partial charge in [-0.05, 0) is 32.0 Å². The zero-order chi connectivity index (χ0) is 14.6. The van der Waals surface area contributed by atoms with Gasteiger partial charge in [-0.1, -0.05) is 0 Å². The van der Waals surface area contributed by atoms with Crippen molar-refractivity contribution in [3.8, 4) is 11.5 Å². The minimum atomic E-state index is -0.0360. The maximum atomic E-state index is 12.0. The van der Waals surface area contributed by atoms with Crippen LogP contribution in [0, 0.1) is 13.8 Å². The SMILES string of the molecule is CNCC(=O)N(C)c1cc(OC)c(C)c(C)c1OC. The van der Waals surface area contributed by atoms with Crippen molar-refractivity contribution in [2.45, 2.75) is 13.8 Å². The van der Waals surface area contributed by atoms with Gasteiger partial charge in [0.1, 0.15) is 11.5 Å². The average Bonchev–Trinajstić information content (AvgIpc) is 2.41. The van der Waals surface area contributed by atoms with Crippen LogP contribution in [0.2, 0.25) is 0 Å². The van der Waals surface area contributed by atoms with Crippen LogP contribution in [-0.2, 0) is 4.79 Å². The molecule has 0 aliphatic carbocycles. The largest absolute Gasteiger partial charge is 0.496 e. The number of hydrogen-bond donors (Lipinski definition) is 1. The predicted octanol–water partition coefficient (Wildman–Crippen LogP) is 1.50. The van der Waals surface area contributed by atoms with Crippen molar-refractivity contribution in [3.05, 3.63) is 17.2 Å². The number of likely N-dealkylation sites (N-methyl/N-ethyl adjacent to an activating group) is 2. The highest BCUT2D eigenvalue weighted by molar-refractivity contribution is 5.96. The Hall–Kier alpha value is -1.75. The van der Waals surface area contributed by atoms with Gasteiger partial charge in [0, 0.05) is 13.1 Å². The molecule has 1 aromatic rings. The van der Waals surface area contributed by atoms with Crippen molar-refractivity contribution in [2.75, 3.05) is 39.8 Å². The molecule has 0 saturated heterocycles. The second kappa shape index (κ2) is 6.43. The highest BCUT2D eigenvalue weighted by atomic mass is 16.5. The van der Waals surface area contributed by atoms with E-state index in [2.05, 4.69) is 5.32 Å². The number of amides is 1. The van der Waals surface area contributed by atoms with E-state index < -0.39 is 0 Å². The van der Waals surface area contributed by atoms with Crippen molar-refractivity contribution >= 4 is 11.6 Å². The van der Waals surface area contributed by atoms with Gasteiger partial charge in [-0.2, -0.15) is 0 Å². The van der Waals surface area contributed by atoms with Gasteiger partial charge >= 0.3 is 0 Å². The summed E-state index contributed by atoms with van der Waals surface area (Å²) in [7, 11) is 6.69. The molecule has 0 atom stereocenters. The van der Waals surface area contributed by atoms with Crippen LogP contribution in [0.3, 0.4) is 0 Å². The Kier molecular flexibility index (Phi) is 5.18. The fraction of sp³-hybridized carbons (Fsp3) is 0.500. The fourth-order valence-corrected chi connectivity index (χ4v) is 1.97. The molecule has 1 amide bonds. The highest BCUT2D eigenvalue weighted by Gasteiger charge is 2.20. The summed E-state index contributed by atoms with van der Waals surface area (Å²) in [6.45, 7) is 4.20. The molecule has 19 heavy (non-hydrogen) atoms. The molecule has 0 saturated carbocycles. The maximum absolute atomic E-state index is 12.0. The minimum Gasteiger partial charge on any atom is -0.496 e. The van der Waals surface area contributed by atoms with Crippen molar-refractivity contribution < 1.29 is 14.3 Å². The molecule has 0 aliphatic heterocycles. The molecule has 0 fully saturated rings. The Morgan fingerprint density at radius 3 is 2.37 bits per heavy atom. The molecule has 0 spiro atoms. The van der Waals surface area contributed by atoms with Crippen LogP contribution in [0.4, 0.5) is 5.69 Å². The Bertz CT molecular complexity index is 472. The number of hydrogen-bond acceptors (Lipinski definition) is 4. The van der Waals surface area contributed by atoms with Gasteiger partial charge in [0.05, 0.1) is 26.5 Å². The Morgan fingerprint density at radius 2 is 1.89 bits per heavy atom. The standard InChI is InChI=1S/C14H22N2O3/c1-9-10(2)14(19-6)11(7-12(9)18-5)16(4)13(17)8-15-3/h7,15H,8H2,1-6H3. The lowest BCUT2D eigenvalue weighted by Gasteiger charge is -2.23. The third kappa shape index (κ3) is 2.98. The lowest BCUT2D eigenvalue weighted by molar-refractivity contribution is -0.117. The molecule has 0 aliphatic rings. The van der Waals surface area contributed by atoms with Gasteiger partial charge in [0.15, 0.2) is 0 Å². The smallest absolute Gasteiger partial charge is 0.240 e. The van der Waals surface area contributed by atoms with Crippen LogP contribution in [0.25, 0.3) is 0 Å². The maximum Gasteiger partial charge on any atom is 0.240 e. The Labute approximate surface area is 114 Å². The van der Waals surface area contributed by atoms with Crippen molar-refractivity contribution in [1.82, 2.24) is 5.32 Å². The first-order valence-electron chi connectivity index (χ1n) is 6.11. The van der Waals surface area contributed by atoms with Gasteiger partial charge in [-0.15, -0.1) is 0 Å². The normalized spacial score (nSPS) is 10.2. The molecule has 5 heteroatoms. The van der Waals surface area contributed by atoms with Crippen LogP contribution in [0.5, 0.6) is 11.5 Å². The summed E-state index contributed by atoms with van der Waals surface area (Å²) in [4.78, 5) is 13.5. The molecule has 0 unspecified atom stereocenters. The predicted molar refractivity (Wildman–Crippen MR) is 76.4 cm³/mol. The number of nitrogens with zero attached hydrogens (tertiary/aromatic N) is 1. The van der Waals surface area contributed by atoms with E-state index in [1.54, 1.807) is 33.2 Å². The first-order valence-corrected chi connectivity index (χ1v) is 6.11. The number of ether oxygens (including phenoxy) is 2. The van der Waals surface area contributed by atoms with Gasteiger partial charge < -0.3 is 19.7 Å². The first kappa shape index (κ1) is 15.3. The number of nitrogens with one attached hydrogen (secondary N) is 1. The van der Waals surface area contributed by atoms with E-state index in [1.807, 2.05) is 19.9 Å². The first-order chi connectivity index (χ1) is 8.97.